The Morgan fingerprint density at radius 2 is 1.76 bits per heavy atom. The third-order valence-corrected chi connectivity index (χ3v) is 7.37. The molecule has 1 N–H and O–H groups in total. The second kappa shape index (κ2) is 8.76. The number of imidazole rings is 1. The normalized spacial score (nSPS) is 22.8. The third kappa shape index (κ3) is 3.72. The smallest absolute Gasteiger partial charge is 0.329 e. The lowest BCUT2D eigenvalue weighted by atomic mass is 9.72. The summed E-state index contributed by atoms with van der Waals surface area (Å²) in [5, 5.41) is 9.32. The molecule has 5 rings (SSSR count). The molecular formula is C26H29N3O5. The van der Waals surface area contributed by atoms with Gasteiger partial charge in [0.1, 0.15) is 11.8 Å². The molecule has 178 valence electrons. The number of aromatic nitrogens is 2. The van der Waals surface area contributed by atoms with Gasteiger partial charge in [-0.3, -0.25) is 23.6 Å². The topological polar surface area (TPSA) is 93.8 Å². The number of nitrogens with zero attached hydrogens (tertiary/aromatic N) is 3. The van der Waals surface area contributed by atoms with Gasteiger partial charge < -0.3 is 9.84 Å². The highest BCUT2D eigenvalue weighted by molar-refractivity contribution is 6.00. The van der Waals surface area contributed by atoms with E-state index < -0.39 is 6.04 Å². The van der Waals surface area contributed by atoms with Crippen molar-refractivity contribution < 1.29 is 19.4 Å². The Bertz CT molecular complexity index is 1300. The van der Waals surface area contributed by atoms with E-state index in [1.54, 1.807) is 35.4 Å². The van der Waals surface area contributed by atoms with Crippen molar-refractivity contribution in [3.05, 3.63) is 64.1 Å². The van der Waals surface area contributed by atoms with Gasteiger partial charge in [0.25, 0.3) is 5.91 Å². The van der Waals surface area contributed by atoms with Gasteiger partial charge in [-0.25, -0.2) is 4.79 Å². The first-order valence-electron chi connectivity index (χ1n) is 11.7. The van der Waals surface area contributed by atoms with Crippen LogP contribution in [0.2, 0.25) is 0 Å². The van der Waals surface area contributed by atoms with Crippen molar-refractivity contribution in [3.63, 3.8) is 0 Å². The number of rotatable bonds is 6. The number of ether oxygens (including phenoxy) is 1. The number of hydrogen-bond donors (Lipinski definition) is 1. The molecule has 1 aromatic heterocycles. The van der Waals surface area contributed by atoms with Gasteiger partial charge in [0.2, 0.25) is 5.91 Å². The van der Waals surface area contributed by atoms with Gasteiger partial charge in [0.15, 0.2) is 0 Å². The quantitative estimate of drug-likeness (QED) is 0.568. The molecule has 2 aliphatic rings. The first kappa shape index (κ1) is 22.4. The molecule has 0 spiro atoms. The van der Waals surface area contributed by atoms with E-state index in [0.717, 1.165) is 29.5 Å². The van der Waals surface area contributed by atoms with Crippen LogP contribution in [-0.4, -0.2) is 44.7 Å². The molecule has 2 fully saturated rings. The molecule has 1 saturated carbocycles. The maximum atomic E-state index is 13.5. The number of methoxy groups -OCH3 is 1. The summed E-state index contributed by atoms with van der Waals surface area (Å²) in [7, 11) is 3.30. The van der Waals surface area contributed by atoms with Gasteiger partial charge in [0, 0.05) is 20.1 Å². The predicted octanol–water partition coefficient (Wildman–Crippen LogP) is 2.72. The summed E-state index contributed by atoms with van der Waals surface area (Å²) in [6, 6.07) is 12.5. The van der Waals surface area contributed by atoms with Crippen LogP contribution >= 0.6 is 0 Å². The minimum atomic E-state index is -0.722. The van der Waals surface area contributed by atoms with Crippen LogP contribution in [0.5, 0.6) is 5.75 Å². The lowest BCUT2D eigenvalue weighted by Crippen LogP contribution is -2.47. The molecule has 1 atom stereocenters. The fourth-order valence-electron chi connectivity index (χ4n) is 5.23. The highest BCUT2D eigenvalue weighted by Crippen LogP contribution is 2.42. The molecule has 8 heteroatoms. The van der Waals surface area contributed by atoms with Crippen LogP contribution in [0.1, 0.15) is 48.8 Å². The number of benzene rings is 2. The molecule has 1 aliphatic carbocycles. The van der Waals surface area contributed by atoms with Crippen molar-refractivity contribution in [3.8, 4) is 5.75 Å². The number of amides is 2. The SMILES string of the molecule is COc1ccc(CN2C(=O)CCC(n3c(=O)n(C)c4cc([C@H]5C[C@@H](CO)C5)ccc43)C2=O)cc1. The standard InChI is InChI=1S/C26H29N3O5/c1-27-23-13-18(19-11-17(12-19)15-30)5-8-21(23)29(26(27)33)22-9-10-24(31)28(25(22)32)14-16-3-6-20(34-2)7-4-16/h3-8,13,17,19,22,30H,9-12,14-15H2,1-2H3/t17-,19+,22?. The molecule has 8 nitrogen and oxygen atoms in total. The molecule has 34 heavy (non-hydrogen) atoms. The van der Waals surface area contributed by atoms with E-state index in [9.17, 15) is 19.5 Å². The van der Waals surface area contributed by atoms with E-state index in [1.165, 1.54) is 4.90 Å². The van der Waals surface area contributed by atoms with Crippen molar-refractivity contribution in [1.29, 1.82) is 0 Å². The maximum absolute atomic E-state index is 13.5. The number of fused-ring (bicyclic) bond motifs is 1. The van der Waals surface area contributed by atoms with Crippen LogP contribution in [0.3, 0.4) is 0 Å². The summed E-state index contributed by atoms with van der Waals surface area (Å²) < 4.78 is 8.31. The molecule has 1 saturated heterocycles. The van der Waals surface area contributed by atoms with Gasteiger partial charge in [-0.1, -0.05) is 18.2 Å². The number of aryl methyl sites for hydroxylation is 1. The second-order valence-electron chi connectivity index (χ2n) is 9.40. The van der Waals surface area contributed by atoms with Gasteiger partial charge in [-0.2, -0.15) is 0 Å². The highest BCUT2D eigenvalue weighted by Gasteiger charge is 2.37. The molecule has 2 heterocycles. The molecule has 2 amide bonds. The summed E-state index contributed by atoms with van der Waals surface area (Å²) >= 11 is 0. The number of aliphatic hydroxyl groups is 1. The molecule has 1 aliphatic heterocycles. The largest absolute Gasteiger partial charge is 0.497 e. The van der Waals surface area contributed by atoms with E-state index in [4.69, 9.17) is 4.74 Å². The first-order valence-corrected chi connectivity index (χ1v) is 11.7. The average Bonchev–Trinajstić information content (AvgIpc) is 3.06. The number of carbonyl (C=O) groups excluding carboxylic acids is 2. The van der Waals surface area contributed by atoms with Crippen molar-refractivity contribution in [2.24, 2.45) is 13.0 Å². The Hall–Kier alpha value is -3.39. The number of hydrogen-bond acceptors (Lipinski definition) is 5. The fraction of sp³-hybridized carbons (Fsp3) is 0.423. The minimum absolute atomic E-state index is 0.162. The average molecular weight is 464 g/mol. The zero-order valence-corrected chi connectivity index (χ0v) is 19.4. The zero-order valence-electron chi connectivity index (χ0n) is 19.4. The first-order chi connectivity index (χ1) is 16.4. The fourth-order valence-corrected chi connectivity index (χ4v) is 5.23. The van der Waals surface area contributed by atoms with E-state index in [-0.39, 0.29) is 37.1 Å². The summed E-state index contributed by atoms with van der Waals surface area (Å²) in [6.45, 7) is 0.374. The number of aliphatic hydroxyl groups excluding tert-OH is 1. The third-order valence-electron chi connectivity index (χ3n) is 7.37. The molecule has 0 radical (unpaired) electrons. The second-order valence-corrected chi connectivity index (χ2v) is 9.40. The van der Waals surface area contributed by atoms with Crippen LogP contribution in [0.25, 0.3) is 11.0 Å². The minimum Gasteiger partial charge on any atom is -0.497 e. The Kier molecular flexibility index (Phi) is 5.77. The monoisotopic (exact) mass is 463 g/mol. The number of imide groups is 1. The Balaban J connectivity index is 1.45. The Morgan fingerprint density at radius 1 is 1.03 bits per heavy atom. The van der Waals surface area contributed by atoms with Crippen molar-refractivity contribution in [2.75, 3.05) is 13.7 Å². The van der Waals surface area contributed by atoms with Crippen molar-refractivity contribution in [2.45, 2.75) is 44.2 Å². The Labute approximate surface area is 197 Å². The van der Waals surface area contributed by atoms with Gasteiger partial charge >= 0.3 is 5.69 Å². The molecule has 2 aromatic carbocycles. The van der Waals surface area contributed by atoms with Crippen LogP contribution in [-0.2, 0) is 23.2 Å². The zero-order chi connectivity index (χ0) is 24.0. The van der Waals surface area contributed by atoms with Crippen LogP contribution < -0.4 is 10.4 Å². The Morgan fingerprint density at radius 3 is 2.44 bits per heavy atom. The molecular weight excluding hydrogens is 434 g/mol. The molecule has 3 aromatic rings. The predicted molar refractivity (Wildman–Crippen MR) is 127 cm³/mol. The molecule has 0 bridgehead atoms. The maximum Gasteiger partial charge on any atom is 0.329 e. The highest BCUT2D eigenvalue weighted by atomic mass is 16.5. The van der Waals surface area contributed by atoms with Crippen molar-refractivity contribution >= 4 is 22.8 Å². The van der Waals surface area contributed by atoms with Gasteiger partial charge in [-0.05, 0) is 66.5 Å². The number of carbonyl (C=O) groups is 2. The van der Waals surface area contributed by atoms with Crippen LogP contribution in [0.4, 0.5) is 0 Å². The van der Waals surface area contributed by atoms with E-state index in [0.29, 0.717) is 29.5 Å². The summed E-state index contributed by atoms with van der Waals surface area (Å²) in [6.07, 6.45) is 2.40. The lowest BCUT2D eigenvalue weighted by Gasteiger charge is -2.34. The lowest BCUT2D eigenvalue weighted by molar-refractivity contribution is -0.151. The number of likely N-dealkylation sites (tertiary alicyclic amines) is 1. The van der Waals surface area contributed by atoms with E-state index >= 15 is 0 Å². The summed E-state index contributed by atoms with van der Waals surface area (Å²) in [5.74, 6) is 0.858. The van der Waals surface area contributed by atoms with E-state index in [1.807, 2.05) is 30.3 Å². The van der Waals surface area contributed by atoms with E-state index in [2.05, 4.69) is 0 Å². The number of piperidine rings is 1. The van der Waals surface area contributed by atoms with Crippen molar-refractivity contribution in [1.82, 2.24) is 14.0 Å². The summed E-state index contributed by atoms with van der Waals surface area (Å²) in [4.78, 5) is 40.6. The molecule has 1 unspecified atom stereocenters. The van der Waals surface area contributed by atoms with Gasteiger partial charge in [0.05, 0.1) is 24.7 Å². The van der Waals surface area contributed by atoms with Gasteiger partial charge in [-0.15, -0.1) is 0 Å². The summed E-state index contributed by atoms with van der Waals surface area (Å²) in [5.41, 5.74) is 3.19. The van der Waals surface area contributed by atoms with Crippen LogP contribution in [0, 0.1) is 5.92 Å². The van der Waals surface area contributed by atoms with Crippen LogP contribution in [0.15, 0.2) is 47.3 Å².